The van der Waals surface area contributed by atoms with Crippen LogP contribution in [0.2, 0.25) is 0 Å². The lowest BCUT2D eigenvalue weighted by Crippen LogP contribution is -2.60. The Morgan fingerprint density at radius 3 is 0.740 bits per heavy atom. The van der Waals surface area contributed by atoms with Gasteiger partial charge in [-0.05, 0) is 180 Å². The van der Waals surface area contributed by atoms with Crippen LogP contribution in [0.5, 0.6) is 0 Å². The van der Waals surface area contributed by atoms with E-state index in [9.17, 15) is 48.3 Å². The zero-order valence-corrected chi connectivity index (χ0v) is 47.4. The number of unbranched alkanes of at least 4 members (excludes halogenated alkanes) is 6. The molecule has 25 nitrogen and oxygen atoms in total. The van der Waals surface area contributed by atoms with Gasteiger partial charge in [-0.1, -0.05) is 27.7 Å². The summed E-state index contributed by atoms with van der Waals surface area (Å²) in [5, 5.41) is 31.7. The van der Waals surface area contributed by atoms with Crippen molar-refractivity contribution in [2.45, 2.75) is 210 Å². The van der Waals surface area contributed by atoms with Crippen molar-refractivity contribution in [1.29, 1.82) is 0 Å². The molecule has 0 heterocycles. The van der Waals surface area contributed by atoms with Crippen molar-refractivity contribution in [3.05, 3.63) is 0 Å². The van der Waals surface area contributed by atoms with E-state index in [0.717, 1.165) is 0 Å². The van der Waals surface area contributed by atoms with Crippen molar-refractivity contribution < 1.29 is 48.3 Å². The SMILES string of the molecule is CC(C)C[C@H](NC(=O)[C@H](CCCCN)NC(=O)[C@H](CCCCN)NC(=O)[C@H](CCCCN)NC(=O)[C@H](CC(C)C)NC(=O)[C@@H](N)CS)C(=O)N[C@@H](CCCCN)C(=O)N[C@@H](CCCCN)C(=O)N[C@@H](CCCCN)C(=O)O. The molecule has 0 radical (unpaired) electrons. The smallest absolute Gasteiger partial charge is 0.326 e. The van der Waals surface area contributed by atoms with E-state index in [1.165, 1.54) is 0 Å². The lowest BCUT2D eigenvalue weighted by atomic mass is 10.00. The predicted octanol–water partition coefficient (Wildman–Crippen LogP) is -1.93. The van der Waals surface area contributed by atoms with Crippen LogP contribution in [0.1, 0.15) is 156 Å². The highest BCUT2D eigenvalue weighted by molar-refractivity contribution is 7.80. The van der Waals surface area contributed by atoms with E-state index in [1.807, 2.05) is 27.7 Å². The van der Waals surface area contributed by atoms with Crippen LogP contribution < -0.4 is 82.7 Å². The molecule has 0 aliphatic rings. The summed E-state index contributed by atoms with van der Waals surface area (Å²) in [5.41, 5.74) is 40.3. The van der Waals surface area contributed by atoms with Gasteiger partial charge in [0, 0.05) is 5.75 Å². The fraction of sp³-hybridized carbons (Fsp3) is 0.824. The molecule has 8 amide bonds. The van der Waals surface area contributed by atoms with Crippen molar-refractivity contribution in [3.8, 4) is 0 Å². The lowest BCUT2D eigenvalue weighted by Gasteiger charge is -2.29. The van der Waals surface area contributed by atoms with Crippen molar-refractivity contribution in [3.63, 3.8) is 0 Å². The maximum atomic E-state index is 14.4. The Bertz CT molecular complexity index is 1750. The molecule has 26 heteroatoms. The molecule has 77 heavy (non-hydrogen) atoms. The number of thiol groups is 1. The number of carboxylic acid groups (broad SMARTS) is 1. The maximum absolute atomic E-state index is 14.4. The Kier molecular flexibility index (Phi) is 40.6. The summed E-state index contributed by atoms with van der Waals surface area (Å²) in [7, 11) is 0. The quantitative estimate of drug-likeness (QED) is 0.0233. The molecule has 0 aromatic heterocycles. The number of nitrogens with two attached hydrogens (primary N) is 7. The van der Waals surface area contributed by atoms with Crippen LogP contribution in [0.25, 0.3) is 0 Å². The number of hydrogen-bond donors (Lipinski definition) is 17. The van der Waals surface area contributed by atoms with E-state index in [0.29, 0.717) is 110 Å². The summed E-state index contributed by atoms with van der Waals surface area (Å²) in [6.07, 6.45) is 6.71. The zero-order valence-electron chi connectivity index (χ0n) is 46.6. The van der Waals surface area contributed by atoms with Gasteiger partial charge in [-0.2, -0.15) is 12.6 Å². The van der Waals surface area contributed by atoms with E-state index in [1.54, 1.807) is 0 Å². The maximum Gasteiger partial charge on any atom is 0.326 e. The van der Waals surface area contributed by atoms with Crippen molar-refractivity contribution in [1.82, 2.24) is 42.5 Å². The minimum atomic E-state index is -1.24. The monoisotopic (exact) mass is 1120 g/mol. The van der Waals surface area contributed by atoms with Gasteiger partial charge in [-0.25, -0.2) is 4.79 Å². The molecule has 0 aromatic carbocycles. The van der Waals surface area contributed by atoms with Crippen LogP contribution in [-0.2, 0) is 43.2 Å². The van der Waals surface area contributed by atoms with E-state index < -0.39 is 108 Å². The van der Waals surface area contributed by atoms with Crippen LogP contribution in [0.15, 0.2) is 0 Å². The molecule has 0 saturated heterocycles. The first-order valence-corrected chi connectivity index (χ1v) is 28.5. The van der Waals surface area contributed by atoms with Crippen molar-refractivity contribution in [2.75, 3.05) is 45.0 Å². The second kappa shape index (κ2) is 43.2. The second-order valence-corrected chi connectivity index (χ2v) is 20.9. The molecule has 0 spiro atoms. The number of carbonyl (C=O) groups excluding carboxylic acids is 8. The normalized spacial score (nSPS) is 14.9. The molecule has 0 bridgehead atoms. The molecular weight excluding hydrogens is 1010 g/mol. The Hall–Kier alpha value is -4.70. The van der Waals surface area contributed by atoms with E-state index in [4.69, 9.17) is 40.1 Å². The van der Waals surface area contributed by atoms with Gasteiger partial charge in [0.25, 0.3) is 0 Å². The van der Waals surface area contributed by atoms with Gasteiger partial charge in [-0.3, -0.25) is 38.4 Å². The van der Waals surface area contributed by atoms with Gasteiger partial charge in [0.05, 0.1) is 6.04 Å². The van der Waals surface area contributed by atoms with Crippen LogP contribution in [0.3, 0.4) is 0 Å². The standard InChI is InChI=1S/C51H101N15O10S/c1-32(2)29-41(65-43(67)34(58)31-77)49(73)62-36(18-6-12-24-53)45(69)59-35(17-5-11-23-52)44(68)61-39(21-9-15-27-56)48(72)66-42(30-33(3)4)50(74)63-37(19-7-13-25-54)46(70)60-38(20-8-14-26-55)47(71)64-40(51(75)76)22-10-16-28-57/h32-42,77H,5-31,52-58H2,1-4H3,(H,59,69)(H,60,70)(H,61,68)(H,62,73)(H,63,74)(H,64,71)(H,65,67)(H,66,72)(H,75,76)/t34-,35-,36-,37-,38-,39-,40-,41-,42-/m0/s1. The molecule has 23 N–H and O–H groups in total. The van der Waals surface area contributed by atoms with Gasteiger partial charge in [0.15, 0.2) is 0 Å². The molecule has 0 rings (SSSR count). The second-order valence-electron chi connectivity index (χ2n) is 20.6. The summed E-state index contributed by atoms with van der Waals surface area (Å²) >= 11 is 4.09. The zero-order chi connectivity index (χ0) is 58.3. The summed E-state index contributed by atoms with van der Waals surface area (Å²) in [6, 6.07) is -10.4. The minimum Gasteiger partial charge on any atom is -0.480 e. The first-order valence-electron chi connectivity index (χ1n) is 27.9. The molecule has 0 unspecified atom stereocenters. The van der Waals surface area contributed by atoms with Gasteiger partial charge in [0.1, 0.15) is 48.3 Å². The molecule has 0 aromatic rings. The highest BCUT2D eigenvalue weighted by atomic mass is 32.1. The van der Waals surface area contributed by atoms with Gasteiger partial charge in [-0.15, -0.1) is 0 Å². The number of carboxylic acids is 1. The third-order valence-electron chi connectivity index (χ3n) is 12.7. The predicted molar refractivity (Wildman–Crippen MR) is 301 cm³/mol. The summed E-state index contributed by atoms with van der Waals surface area (Å²) < 4.78 is 0. The summed E-state index contributed by atoms with van der Waals surface area (Å²) in [4.78, 5) is 124. The Labute approximate surface area is 462 Å². The lowest BCUT2D eigenvalue weighted by molar-refractivity contribution is -0.142. The molecule has 0 saturated carbocycles. The minimum absolute atomic E-state index is 0.0331. The molecule has 0 fully saturated rings. The number of rotatable bonds is 46. The van der Waals surface area contributed by atoms with E-state index in [-0.39, 0.29) is 75.5 Å². The molecule has 9 atom stereocenters. The molecule has 0 aliphatic carbocycles. The van der Waals surface area contributed by atoms with Gasteiger partial charge < -0.3 is 87.8 Å². The first-order chi connectivity index (χ1) is 36.6. The van der Waals surface area contributed by atoms with E-state index >= 15 is 0 Å². The molecular formula is C51H101N15O10S. The molecule has 0 aliphatic heterocycles. The molecule has 446 valence electrons. The van der Waals surface area contributed by atoms with Gasteiger partial charge >= 0.3 is 5.97 Å². The van der Waals surface area contributed by atoms with Crippen molar-refractivity contribution >= 4 is 65.9 Å². The third kappa shape index (κ3) is 32.1. The van der Waals surface area contributed by atoms with Crippen LogP contribution in [0, 0.1) is 11.8 Å². The number of amides is 8. The Morgan fingerprint density at radius 1 is 0.338 bits per heavy atom. The highest BCUT2D eigenvalue weighted by Gasteiger charge is 2.35. The average Bonchev–Trinajstić information content (AvgIpc) is 3.37. The Morgan fingerprint density at radius 2 is 0.532 bits per heavy atom. The summed E-state index contributed by atoms with van der Waals surface area (Å²) in [5.74, 6) is -6.85. The van der Waals surface area contributed by atoms with Crippen molar-refractivity contribution in [2.24, 2.45) is 52.0 Å². The Balaban J connectivity index is 6.86. The average molecular weight is 1120 g/mol. The number of carbonyl (C=O) groups is 9. The number of nitrogens with one attached hydrogen (secondary N) is 8. The fourth-order valence-corrected chi connectivity index (χ4v) is 8.40. The highest BCUT2D eigenvalue weighted by Crippen LogP contribution is 2.14. The summed E-state index contributed by atoms with van der Waals surface area (Å²) in [6.45, 7) is 9.29. The van der Waals surface area contributed by atoms with Gasteiger partial charge in [0.2, 0.25) is 47.3 Å². The van der Waals surface area contributed by atoms with E-state index in [2.05, 4.69) is 55.2 Å². The largest absolute Gasteiger partial charge is 0.480 e. The third-order valence-corrected chi connectivity index (χ3v) is 13.1. The number of hydrogen-bond acceptors (Lipinski definition) is 17. The van der Waals surface area contributed by atoms with Crippen LogP contribution >= 0.6 is 12.6 Å². The number of aliphatic carboxylic acids is 1. The first kappa shape index (κ1) is 72.3. The fourth-order valence-electron chi connectivity index (χ4n) is 8.23. The van der Waals surface area contributed by atoms with Crippen LogP contribution in [0.4, 0.5) is 0 Å². The topological polar surface area (TPSA) is 452 Å². The van der Waals surface area contributed by atoms with Crippen LogP contribution in [-0.4, -0.2) is 158 Å².